The van der Waals surface area contributed by atoms with Gasteiger partial charge in [-0.25, -0.2) is 4.79 Å². The molecule has 0 aromatic carbocycles. The van der Waals surface area contributed by atoms with Crippen molar-refractivity contribution in [3.8, 4) is 0 Å². The van der Waals surface area contributed by atoms with E-state index in [1.807, 2.05) is 13.8 Å². The third-order valence-corrected chi connectivity index (χ3v) is 4.61. The van der Waals surface area contributed by atoms with Gasteiger partial charge in [-0.3, -0.25) is 4.79 Å². The highest BCUT2D eigenvalue weighted by molar-refractivity contribution is 5.86. The standard InChI is InChI=1S/C14H24N2O3/c1-7(2)5-10(14(18)19)16-13(17)11-8-3-4-9(6-8)12(11)15/h7-12H,3-6,15H2,1-2H3,(H,16,17)(H,18,19)/t8?,9?,10-,11?,12?/m0/s1. The summed E-state index contributed by atoms with van der Waals surface area (Å²) in [6, 6.07) is -0.883. The first-order valence-corrected chi connectivity index (χ1v) is 7.19. The molecule has 2 aliphatic carbocycles. The second kappa shape index (κ2) is 5.49. The summed E-state index contributed by atoms with van der Waals surface area (Å²) in [4.78, 5) is 23.5. The molecule has 0 saturated heterocycles. The summed E-state index contributed by atoms with van der Waals surface area (Å²) >= 11 is 0. The number of hydrogen-bond donors (Lipinski definition) is 3. The maximum atomic E-state index is 12.3. The number of hydrogen-bond acceptors (Lipinski definition) is 3. The summed E-state index contributed by atoms with van der Waals surface area (Å²) in [5.41, 5.74) is 6.11. The van der Waals surface area contributed by atoms with Crippen LogP contribution in [-0.2, 0) is 9.59 Å². The lowest BCUT2D eigenvalue weighted by atomic mass is 9.84. The lowest BCUT2D eigenvalue weighted by Crippen LogP contribution is -2.50. The fourth-order valence-corrected chi connectivity index (χ4v) is 3.69. The topological polar surface area (TPSA) is 92.4 Å². The average molecular weight is 268 g/mol. The number of nitrogens with one attached hydrogen (secondary N) is 1. The maximum absolute atomic E-state index is 12.3. The Morgan fingerprint density at radius 3 is 2.42 bits per heavy atom. The highest BCUT2D eigenvalue weighted by Crippen LogP contribution is 2.47. The third kappa shape index (κ3) is 2.91. The molecule has 19 heavy (non-hydrogen) atoms. The number of rotatable bonds is 5. The molecule has 1 amide bonds. The molecule has 2 aliphatic rings. The minimum atomic E-state index is -0.959. The Labute approximate surface area is 113 Å². The van der Waals surface area contributed by atoms with E-state index in [9.17, 15) is 9.59 Å². The second-order valence-corrected chi connectivity index (χ2v) is 6.47. The fraction of sp³-hybridized carbons (Fsp3) is 0.857. The van der Waals surface area contributed by atoms with Crippen molar-refractivity contribution in [2.45, 2.75) is 51.6 Å². The van der Waals surface area contributed by atoms with E-state index < -0.39 is 12.0 Å². The fourth-order valence-electron chi connectivity index (χ4n) is 3.69. The van der Waals surface area contributed by atoms with Gasteiger partial charge in [0.15, 0.2) is 0 Å². The largest absolute Gasteiger partial charge is 0.480 e. The number of carbonyl (C=O) groups excluding carboxylic acids is 1. The summed E-state index contributed by atoms with van der Waals surface area (Å²) < 4.78 is 0. The van der Waals surface area contributed by atoms with Crippen LogP contribution in [0, 0.1) is 23.7 Å². The molecule has 2 saturated carbocycles. The minimum Gasteiger partial charge on any atom is -0.480 e. The quantitative estimate of drug-likeness (QED) is 0.693. The lowest BCUT2D eigenvalue weighted by Gasteiger charge is -2.28. The van der Waals surface area contributed by atoms with Crippen LogP contribution in [0.25, 0.3) is 0 Å². The number of aliphatic carboxylic acids is 1. The Morgan fingerprint density at radius 1 is 1.32 bits per heavy atom. The van der Waals surface area contributed by atoms with Gasteiger partial charge >= 0.3 is 5.97 Å². The maximum Gasteiger partial charge on any atom is 0.326 e. The molecule has 2 bridgehead atoms. The van der Waals surface area contributed by atoms with Crippen LogP contribution in [0.4, 0.5) is 0 Å². The molecule has 5 nitrogen and oxygen atoms in total. The van der Waals surface area contributed by atoms with Gasteiger partial charge in [0.25, 0.3) is 0 Å². The number of fused-ring (bicyclic) bond motifs is 2. The van der Waals surface area contributed by atoms with Crippen molar-refractivity contribution < 1.29 is 14.7 Å². The van der Waals surface area contributed by atoms with Gasteiger partial charge in [0.2, 0.25) is 5.91 Å². The minimum absolute atomic E-state index is 0.0905. The van der Waals surface area contributed by atoms with Crippen LogP contribution in [0.3, 0.4) is 0 Å². The first kappa shape index (κ1) is 14.3. The van der Waals surface area contributed by atoms with Crippen LogP contribution in [0.15, 0.2) is 0 Å². The molecular formula is C14H24N2O3. The van der Waals surface area contributed by atoms with E-state index in [-0.39, 0.29) is 23.8 Å². The van der Waals surface area contributed by atoms with E-state index in [1.54, 1.807) is 0 Å². The molecule has 0 aromatic heterocycles. The summed E-state index contributed by atoms with van der Waals surface area (Å²) in [5, 5.41) is 11.9. The molecule has 5 heteroatoms. The van der Waals surface area contributed by atoms with E-state index in [4.69, 9.17) is 10.8 Å². The van der Waals surface area contributed by atoms with Crippen molar-refractivity contribution >= 4 is 11.9 Å². The lowest BCUT2D eigenvalue weighted by molar-refractivity contribution is -0.143. The van der Waals surface area contributed by atoms with Crippen molar-refractivity contribution in [2.24, 2.45) is 29.4 Å². The molecule has 4 unspecified atom stereocenters. The highest BCUT2D eigenvalue weighted by Gasteiger charge is 2.49. The summed E-state index contributed by atoms with van der Waals surface area (Å²) in [5.74, 6) is -0.267. The van der Waals surface area contributed by atoms with Crippen molar-refractivity contribution in [2.75, 3.05) is 0 Å². The number of carboxylic acid groups (broad SMARTS) is 1. The van der Waals surface area contributed by atoms with Gasteiger partial charge in [0, 0.05) is 6.04 Å². The third-order valence-electron chi connectivity index (χ3n) is 4.61. The van der Waals surface area contributed by atoms with Gasteiger partial charge in [-0.05, 0) is 43.4 Å². The average Bonchev–Trinajstić information content (AvgIpc) is 2.87. The van der Waals surface area contributed by atoms with Gasteiger partial charge < -0.3 is 16.2 Å². The number of carbonyl (C=O) groups is 2. The summed E-state index contributed by atoms with van der Waals surface area (Å²) in [7, 11) is 0. The van der Waals surface area contributed by atoms with Crippen LogP contribution >= 0.6 is 0 Å². The zero-order valence-corrected chi connectivity index (χ0v) is 11.6. The van der Waals surface area contributed by atoms with Gasteiger partial charge in [0.1, 0.15) is 6.04 Å². The molecule has 0 heterocycles. The van der Waals surface area contributed by atoms with E-state index in [1.165, 1.54) is 0 Å². The Bertz CT molecular complexity index is 368. The van der Waals surface area contributed by atoms with Crippen LogP contribution in [0.2, 0.25) is 0 Å². The molecule has 5 atom stereocenters. The van der Waals surface area contributed by atoms with Crippen molar-refractivity contribution in [3.63, 3.8) is 0 Å². The smallest absolute Gasteiger partial charge is 0.326 e. The molecule has 0 spiro atoms. The molecule has 0 aliphatic heterocycles. The van der Waals surface area contributed by atoms with Gasteiger partial charge in [-0.2, -0.15) is 0 Å². The van der Waals surface area contributed by atoms with E-state index in [2.05, 4.69) is 5.32 Å². The second-order valence-electron chi connectivity index (χ2n) is 6.47. The highest BCUT2D eigenvalue weighted by atomic mass is 16.4. The van der Waals surface area contributed by atoms with Crippen molar-refractivity contribution in [3.05, 3.63) is 0 Å². The predicted octanol–water partition coefficient (Wildman–Crippen LogP) is 0.975. The number of nitrogens with two attached hydrogens (primary N) is 1. The molecule has 2 rings (SSSR count). The zero-order chi connectivity index (χ0) is 14.2. The van der Waals surface area contributed by atoms with Crippen LogP contribution < -0.4 is 11.1 Å². The van der Waals surface area contributed by atoms with E-state index >= 15 is 0 Å². The molecule has 0 aromatic rings. The van der Waals surface area contributed by atoms with Crippen LogP contribution in [0.5, 0.6) is 0 Å². The Balaban J connectivity index is 1.97. The number of amides is 1. The summed E-state index contributed by atoms with van der Waals surface area (Å²) in [6.45, 7) is 3.90. The van der Waals surface area contributed by atoms with E-state index in [0.717, 1.165) is 19.3 Å². The van der Waals surface area contributed by atoms with Crippen LogP contribution in [-0.4, -0.2) is 29.1 Å². The van der Waals surface area contributed by atoms with Crippen LogP contribution in [0.1, 0.15) is 39.5 Å². The first-order chi connectivity index (χ1) is 8.90. The number of carboxylic acids is 1. The molecular weight excluding hydrogens is 244 g/mol. The Hall–Kier alpha value is -1.10. The molecule has 0 radical (unpaired) electrons. The Morgan fingerprint density at radius 2 is 1.95 bits per heavy atom. The van der Waals surface area contributed by atoms with E-state index in [0.29, 0.717) is 18.3 Å². The van der Waals surface area contributed by atoms with Crippen molar-refractivity contribution in [1.82, 2.24) is 5.32 Å². The monoisotopic (exact) mass is 268 g/mol. The zero-order valence-electron chi connectivity index (χ0n) is 11.6. The van der Waals surface area contributed by atoms with Gasteiger partial charge in [-0.1, -0.05) is 13.8 Å². The molecule has 2 fully saturated rings. The SMILES string of the molecule is CC(C)C[C@H](NC(=O)C1C2CCC(C2)C1N)C(=O)O. The van der Waals surface area contributed by atoms with Gasteiger partial charge in [-0.15, -0.1) is 0 Å². The summed E-state index contributed by atoms with van der Waals surface area (Å²) in [6.07, 6.45) is 3.65. The van der Waals surface area contributed by atoms with Gasteiger partial charge in [0.05, 0.1) is 5.92 Å². The molecule has 108 valence electrons. The Kier molecular flexibility index (Phi) is 4.13. The molecule has 4 N–H and O–H groups in total. The van der Waals surface area contributed by atoms with Crippen molar-refractivity contribution in [1.29, 1.82) is 0 Å². The first-order valence-electron chi connectivity index (χ1n) is 7.19. The normalized spacial score (nSPS) is 34.5. The predicted molar refractivity (Wildman–Crippen MR) is 71.3 cm³/mol.